The van der Waals surface area contributed by atoms with E-state index in [0.717, 1.165) is 6.54 Å². The zero-order valence-corrected chi connectivity index (χ0v) is 13.9. The van der Waals surface area contributed by atoms with Crippen molar-refractivity contribution in [1.82, 2.24) is 15.1 Å². The molecule has 0 unspecified atom stereocenters. The first-order valence-electron chi connectivity index (χ1n) is 7.66. The number of carbonyl (C=O) groups is 2. The molecular formula is C15H29N3O3. The van der Waals surface area contributed by atoms with Crippen LogP contribution >= 0.6 is 0 Å². The second kappa shape index (κ2) is 6.64. The van der Waals surface area contributed by atoms with Crippen molar-refractivity contribution in [3.05, 3.63) is 0 Å². The van der Waals surface area contributed by atoms with Gasteiger partial charge in [0.2, 0.25) is 0 Å². The number of carboxylic acids is 1. The van der Waals surface area contributed by atoms with E-state index >= 15 is 0 Å². The Hall–Kier alpha value is -1.30. The van der Waals surface area contributed by atoms with Gasteiger partial charge in [-0.2, -0.15) is 0 Å². The molecule has 1 rings (SSSR count). The first-order valence-corrected chi connectivity index (χ1v) is 7.66. The van der Waals surface area contributed by atoms with Crippen molar-refractivity contribution in [2.45, 2.75) is 46.1 Å². The molecule has 0 atom stereocenters. The Morgan fingerprint density at radius 1 is 1.24 bits per heavy atom. The minimum Gasteiger partial charge on any atom is -0.481 e. The number of nitrogens with zero attached hydrogens (tertiary/aromatic N) is 2. The van der Waals surface area contributed by atoms with Crippen LogP contribution in [0.3, 0.4) is 0 Å². The molecular weight excluding hydrogens is 270 g/mol. The number of aliphatic carboxylic acids is 1. The molecule has 0 aromatic carbocycles. The highest BCUT2D eigenvalue weighted by atomic mass is 16.4. The lowest BCUT2D eigenvalue weighted by molar-refractivity contribution is -0.149. The molecule has 21 heavy (non-hydrogen) atoms. The summed E-state index contributed by atoms with van der Waals surface area (Å²) >= 11 is 0. The molecule has 0 bridgehead atoms. The average molecular weight is 299 g/mol. The molecule has 0 aromatic heterocycles. The quantitative estimate of drug-likeness (QED) is 0.809. The Bertz CT molecular complexity index is 392. The van der Waals surface area contributed by atoms with Crippen molar-refractivity contribution >= 4 is 12.0 Å². The number of likely N-dealkylation sites (N-methyl/N-ethyl adjacent to an activating group) is 1. The van der Waals surface area contributed by atoms with E-state index in [1.54, 1.807) is 4.90 Å². The van der Waals surface area contributed by atoms with Crippen LogP contribution in [0.5, 0.6) is 0 Å². The lowest BCUT2D eigenvalue weighted by Crippen LogP contribution is -2.61. The maximum atomic E-state index is 12.3. The fourth-order valence-corrected chi connectivity index (χ4v) is 2.65. The van der Waals surface area contributed by atoms with Gasteiger partial charge in [-0.05, 0) is 33.7 Å². The second-order valence-corrected chi connectivity index (χ2v) is 6.61. The van der Waals surface area contributed by atoms with Crippen molar-refractivity contribution in [2.75, 3.05) is 33.2 Å². The van der Waals surface area contributed by atoms with Gasteiger partial charge < -0.3 is 15.3 Å². The Morgan fingerprint density at radius 2 is 1.81 bits per heavy atom. The van der Waals surface area contributed by atoms with Gasteiger partial charge in [-0.3, -0.25) is 9.69 Å². The highest BCUT2D eigenvalue weighted by molar-refractivity contribution is 5.78. The summed E-state index contributed by atoms with van der Waals surface area (Å²) in [5.41, 5.74) is -0.924. The average Bonchev–Trinajstić information content (AvgIpc) is 2.42. The van der Waals surface area contributed by atoms with Gasteiger partial charge in [0.05, 0.1) is 5.41 Å². The normalized spacial score (nSPS) is 19.4. The predicted molar refractivity (Wildman–Crippen MR) is 82.3 cm³/mol. The SMILES string of the molecule is CCC(CC)(CNC(=O)N1CCN(C)C(C)(C)C1)C(=O)O. The molecule has 0 aromatic rings. The number of amides is 2. The third kappa shape index (κ3) is 3.87. The summed E-state index contributed by atoms with van der Waals surface area (Å²) in [6.07, 6.45) is 1.01. The molecule has 1 fully saturated rings. The lowest BCUT2D eigenvalue weighted by Gasteiger charge is -2.45. The summed E-state index contributed by atoms with van der Waals surface area (Å²) in [6, 6.07) is -0.163. The first-order chi connectivity index (χ1) is 9.68. The number of piperazine rings is 1. The summed E-state index contributed by atoms with van der Waals surface area (Å²) in [6.45, 7) is 10.2. The van der Waals surface area contributed by atoms with Crippen molar-refractivity contribution in [2.24, 2.45) is 5.41 Å². The van der Waals surface area contributed by atoms with Gasteiger partial charge in [0.1, 0.15) is 0 Å². The van der Waals surface area contributed by atoms with E-state index in [4.69, 9.17) is 0 Å². The van der Waals surface area contributed by atoms with E-state index in [2.05, 4.69) is 31.1 Å². The molecule has 0 spiro atoms. The smallest absolute Gasteiger partial charge is 0.317 e. The van der Waals surface area contributed by atoms with Crippen LogP contribution in [0.4, 0.5) is 4.79 Å². The number of hydrogen-bond acceptors (Lipinski definition) is 3. The molecule has 1 saturated heterocycles. The highest BCUT2D eigenvalue weighted by Crippen LogP contribution is 2.26. The van der Waals surface area contributed by atoms with Crippen LogP contribution < -0.4 is 5.32 Å². The molecule has 2 amide bonds. The van der Waals surface area contributed by atoms with E-state index in [1.807, 2.05) is 13.8 Å². The summed E-state index contributed by atoms with van der Waals surface area (Å²) in [4.78, 5) is 27.8. The molecule has 1 aliphatic rings. The fourth-order valence-electron chi connectivity index (χ4n) is 2.65. The van der Waals surface area contributed by atoms with Crippen LogP contribution in [0.1, 0.15) is 40.5 Å². The van der Waals surface area contributed by atoms with Crippen LogP contribution in [-0.4, -0.2) is 65.7 Å². The maximum Gasteiger partial charge on any atom is 0.317 e. The predicted octanol–water partition coefficient (Wildman–Crippen LogP) is 1.61. The van der Waals surface area contributed by atoms with Crippen LogP contribution in [0.15, 0.2) is 0 Å². The lowest BCUT2D eigenvalue weighted by atomic mass is 9.82. The number of rotatable bonds is 5. The Kier molecular flexibility index (Phi) is 5.61. The highest BCUT2D eigenvalue weighted by Gasteiger charge is 2.37. The van der Waals surface area contributed by atoms with Gasteiger partial charge in [-0.25, -0.2) is 4.79 Å². The Morgan fingerprint density at radius 3 is 2.24 bits per heavy atom. The van der Waals surface area contributed by atoms with Crippen molar-refractivity contribution in [3.63, 3.8) is 0 Å². The first kappa shape index (κ1) is 17.8. The largest absolute Gasteiger partial charge is 0.481 e. The number of hydrogen-bond donors (Lipinski definition) is 2. The van der Waals surface area contributed by atoms with Crippen molar-refractivity contribution in [1.29, 1.82) is 0 Å². The molecule has 6 heteroatoms. The maximum absolute atomic E-state index is 12.3. The van der Waals surface area contributed by atoms with E-state index in [9.17, 15) is 14.7 Å². The molecule has 1 heterocycles. The standard InChI is InChI=1S/C15H29N3O3/c1-6-15(7-2,12(19)20)10-16-13(21)18-9-8-17(5)14(3,4)11-18/h6-11H2,1-5H3,(H,16,21)(H,19,20). The number of nitrogens with one attached hydrogen (secondary N) is 1. The fraction of sp³-hybridized carbons (Fsp3) is 0.867. The van der Waals surface area contributed by atoms with Crippen LogP contribution in [0.25, 0.3) is 0 Å². The van der Waals surface area contributed by atoms with Gasteiger partial charge >= 0.3 is 12.0 Å². The third-order valence-electron chi connectivity index (χ3n) is 4.99. The molecule has 2 N–H and O–H groups in total. The summed E-state index contributed by atoms with van der Waals surface area (Å²) in [5, 5.41) is 12.2. The summed E-state index contributed by atoms with van der Waals surface area (Å²) in [5.74, 6) is -0.841. The molecule has 1 aliphatic heterocycles. The summed E-state index contributed by atoms with van der Waals surface area (Å²) in [7, 11) is 2.05. The third-order valence-corrected chi connectivity index (χ3v) is 4.99. The van der Waals surface area contributed by atoms with Gasteiger partial charge in [0.15, 0.2) is 0 Å². The number of carboxylic acid groups (broad SMARTS) is 1. The molecule has 0 saturated carbocycles. The van der Waals surface area contributed by atoms with E-state index in [1.165, 1.54) is 0 Å². The monoisotopic (exact) mass is 299 g/mol. The van der Waals surface area contributed by atoms with Crippen LogP contribution in [0.2, 0.25) is 0 Å². The van der Waals surface area contributed by atoms with Gasteiger partial charge in [0.25, 0.3) is 0 Å². The molecule has 0 aliphatic carbocycles. The van der Waals surface area contributed by atoms with E-state index in [-0.39, 0.29) is 18.1 Å². The van der Waals surface area contributed by atoms with Crippen molar-refractivity contribution < 1.29 is 14.7 Å². The Balaban J connectivity index is 2.64. The zero-order chi connectivity index (χ0) is 16.3. The topological polar surface area (TPSA) is 72.9 Å². The summed E-state index contributed by atoms with van der Waals surface area (Å²) < 4.78 is 0. The Labute approximate surface area is 127 Å². The van der Waals surface area contributed by atoms with E-state index < -0.39 is 11.4 Å². The second-order valence-electron chi connectivity index (χ2n) is 6.61. The molecule has 0 radical (unpaired) electrons. The van der Waals surface area contributed by atoms with Crippen LogP contribution in [-0.2, 0) is 4.79 Å². The van der Waals surface area contributed by atoms with E-state index in [0.29, 0.717) is 25.9 Å². The van der Waals surface area contributed by atoms with Gasteiger partial charge in [0, 0.05) is 31.7 Å². The van der Waals surface area contributed by atoms with Gasteiger partial charge in [-0.15, -0.1) is 0 Å². The molecule has 122 valence electrons. The molecule has 6 nitrogen and oxygen atoms in total. The van der Waals surface area contributed by atoms with Crippen molar-refractivity contribution in [3.8, 4) is 0 Å². The minimum atomic E-state index is -0.863. The number of carbonyl (C=O) groups excluding carboxylic acids is 1. The minimum absolute atomic E-state index is 0.0605. The zero-order valence-electron chi connectivity index (χ0n) is 13.9. The number of urea groups is 1. The van der Waals surface area contributed by atoms with Gasteiger partial charge in [-0.1, -0.05) is 13.8 Å². The van der Waals surface area contributed by atoms with Crippen LogP contribution in [0, 0.1) is 5.41 Å².